The monoisotopic (exact) mass is 288 g/mol. The van der Waals surface area contributed by atoms with Crippen LogP contribution in [0.25, 0.3) is 0 Å². The van der Waals surface area contributed by atoms with Crippen LogP contribution in [0.5, 0.6) is 5.88 Å². The summed E-state index contributed by atoms with van der Waals surface area (Å²) < 4.78 is 6.78. The highest BCUT2D eigenvalue weighted by Crippen LogP contribution is 2.20. The maximum Gasteiger partial charge on any atom is 0.258 e. The van der Waals surface area contributed by atoms with Gasteiger partial charge < -0.3 is 15.4 Å². The Balaban J connectivity index is 1.88. The maximum absolute atomic E-state index is 12.2. The van der Waals surface area contributed by atoms with E-state index in [2.05, 4.69) is 15.7 Å². The van der Waals surface area contributed by atoms with E-state index in [0.717, 1.165) is 5.69 Å². The summed E-state index contributed by atoms with van der Waals surface area (Å²) in [5.41, 5.74) is 2.17. The summed E-state index contributed by atoms with van der Waals surface area (Å²) in [6.07, 6.45) is 0. The van der Waals surface area contributed by atoms with Crippen molar-refractivity contribution < 1.29 is 9.53 Å². The van der Waals surface area contributed by atoms with Gasteiger partial charge in [0, 0.05) is 25.8 Å². The highest BCUT2D eigenvalue weighted by molar-refractivity contribution is 5.97. The summed E-state index contributed by atoms with van der Waals surface area (Å²) >= 11 is 0. The van der Waals surface area contributed by atoms with Crippen LogP contribution in [0, 0.1) is 6.92 Å². The largest absolute Gasteiger partial charge is 0.481 e. The molecule has 1 heterocycles. The summed E-state index contributed by atoms with van der Waals surface area (Å²) in [5.74, 6) is 0.299. The van der Waals surface area contributed by atoms with Gasteiger partial charge in [-0.1, -0.05) is 18.2 Å². The number of aryl methyl sites for hydroxylation is 2. The van der Waals surface area contributed by atoms with Crippen LogP contribution in [-0.4, -0.2) is 35.9 Å². The van der Waals surface area contributed by atoms with E-state index >= 15 is 0 Å². The Morgan fingerprint density at radius 1 is 1.29 bits per heavy atom. The van der Waals surface area contributed by atoms with Crippen LogP contribution >= 0.6 is 0 Å². The second kappa shape index (κ2) is 6.78. The Morgan fingerprint density at radius 2 is 2.00 bits per heavy atom. The standard InChI is InChI=1S/C15H20N4O2/c1-11-13(15(21-3)19(2)18-11)14(20)17-10-9-16-12-7-5-4-6-8-12/h4-8,16H,9-10H2,1-3H3,(H,17,20). The summed E-state index contributed by atoms with van der Waals surface area (Å²) in [6, 6.07) is 9.85. The Bertz CT molecular complexity index is 608. The molecule has 2 aromatic rings. The number of nitrogens with zero attached hydrogens (tertiary/aromatic N) is 2. The number of para-hydroxylation sites is 1. The van der Waals surface area contributed by atoms with E-state index in [1.807, 2.05) is 30.3 Å². The van der Waals surface area contributed by atoms with Gasteiger partial charge in [-0.3, -0.25) is 4.79 Å². The quantitative estimate of drug-likeness (QED) is 0.792. The van der Waals surface area contributed by atoms with Crippen LogP contribution in [-0.2, 0) is 7.05 Å². The third-order valence-corrected chi connectivity index (χ3v) is 3.10. The van der Waals surface area contributed by atoms with Crippen molar-refractivity contribution in [3.05, 3.63) is 41.6 Å². The van der Waals surface area contributed by atoms with Crippen molar-refractivity contribution in [3.63, 3.8) is 0 Å². The van der Waals surface area contributed by atoms with E-state index < -0.39 is 0 Å². The van der Waals surface area contributed by atoms with Crippen molar-refractivity contribution in [1.29, 1.82) is 0 Å². The number of benzene rings is 1. The summed E-state index contributed by atoms with van der Waals surface area (Å²) in [6.45, 7) is 2.96. The van der Waals surface area contributed by atoms with Crippen LogP contribution in [0.15, 0.2) is 30.3 Å². The van der Waals surface area contributed by atoms with Gasteiger partial charge >= 0.3 is 0 Å². The molecule has 6 heteroatoms. The molecule has 0 aliphatic rings. The average Bonchev–Trinajstić information content (AvgIpc) is 2.78. The molecule has 0 spiro atoms. The van der Waals surface area contributed by atoms with Gasteiger partial charge in [-0.15, -0.1) is 0 Å². The molecular weight excluding hydrogens is 268 g/mol. The molecule has 1 aromatic heterocycles. The van der Waals surface area contributed by atoms with Crippen LogP contribution in [0.4, 0.5) is 5.69 Å². The lowest BCUT2D eigenvalue weighted by molar-refractivity contribution is 0.0951. The first-order valence-electron chi connectivity index (χ1n) is 6.78. The number of hydrogen-bond acceptors (Lipinski definition) is 4. The number of aromatic nitrogens is 2. The first-order chi connectivity index (χ1) is 10.1. The van der Waals surface area contributed by atoms with Gasteiger partial charge in [-0.25, -0.2) is 4.68 Å². The number of methoxy groups -OCH3 is 1. The van der Waals surface area contributed by atoms with Crippen molar-refractivity contribution in [1.82, 2.24) is 15.1 Å². The first kappa shape index (κ1) is 14.9. The number of ether oxygens (including phenoxy) is 1. The lowest BCUT2D eigenvalue weighted by Crippen LogP contribution is -2.29. The molecule has 1 amide bonds. The van der Waals surface area contributed by atoms with Crippen molar-refractivity contribution >= 4 is 11.6 Å². The van der Waals surface area contributed by atoms with Gasteiger partial charge in [0.15, 0.2) is 0 Å². The molecule has 0 saturated heterocycles. The van der Waals surface area contributed by atoms with E-state index in [0.29, 0.717) is 30.2 Å². The van der Waals surface area contributed by atoms with Gasteiger partial charge in [0.05, 0.1) is 12.8 Å². The second-order valence-corrected chi connectivity index (χ2v) is 4.64. The minimum atomic E-state index is -0.174. The summed E-state index contributed by atoms with van der Waals surface area (Å²) in [5, 5.41) is 10.3. The lowest BCUT2D eigenvalue weighted by atomic mass is 10.2. The van der Waals surface area contributed by atoms with Crippen molar-refractivity contribution in [3.8, 4) is 5.88 Å². The number of hydrogen-bond donors (Lipinski definition) is 2. The summed E-state index contributed by atoms with van der Waals surface area (Å²) in [4.78, 5) is 12.2. The smallest absolute Gasteiger partial charge is 0.258 e. The molecule has 0 unspecified atom stereocenters. The highest BCUT2D eigenvalue weighted by atomic mass is 16.5. The molecule has 2 N–H and O–H groups in total. The minimum Gasteiger partial charge on any atom is -0.481 e. The Labute approximate surface area is 124 Å². The van der Waals surface area contributed by atoms with Crippen LogP contribution in [0.3, 0.4) is 0 Å². The van der Waals surface area contributed by atoms with Crippen LogP contribution in [0.2, 0.25) is 0 Å². The average molecular weight is 288 g/mol. The maximum atomic E-state index is 12.2. The normalized spacial score (nSPS) is 10.2. The van der Waals surface area contributed by atoms with Crippen molar-refractivity contribution in [2.24, 2.45) is 7.05 Å². The molecule has 6 nitrogen and oxygen atoms in total. The highest BCUT2D eigenvalue weighted by Gasteiger charge is 2.20. The Morgan fingerprint density at radius 3 is 2.67 bits per heavy atom. The zero-order valence-electron chi connectivity index (χ0n) is 12.5. The molecule has 2 rings (SSSR count). The molecule has 0 aliphatic carbocycles. The van der Waals surface area contributed by atoms with Gasteiger partial charge in [-0.05, 0) is 19.1 Å². The molecule has 0 saturated carbocycles. The first-order valence-corrected chi connectivity index (χ1v) is 6.78. The molecule has 1 aromatic carbocycles. The molecule has 0 atom stereocenters. The van der Waals surface area contributed by atoms with E-state index in [-0.39, 0.29) is 5.91 Å². The fourth-order valence-electron chi connectivity index (χ4n) is 2.16. The molecule has 21 heavy (non-hydrogen) atoms. The van der Waals surface area contributed by atoms with Crippen molar-refractivity contribution in [2.45, 2.75) is 6.92 Å². The zero-order chi connectivity index (χ0) is 15.2. The van der Waals surface area contributed by atoms with E-state index in [1.165, 1.54) is 7.11 Å². The van der Waals surface area contributed by atoms with Gasteiger partial charge in [0.25, 0.3) is 5.91 Å². The lowest BCUT2D eigenvalue weighted by Gasteiger charge is -2.08. The minimum absolute atomic E-state index is 0.174. The number of nitrogens with one attached hydrogen (secondary N) is 2. The van der Waals surface area contributed by atoms with Gasteiger partial charge in [-0.2, -0.15) is 5.10 Å². The van der Waals surface area contributed by atoms with Crippen molar-refractivity contribution in [2.75, 3.05) is 25.5 Å². The predicted molar refractivity (Wildman–Crippen MR) is 81.8 cm³/mol. The molecular formula is C15H20N4O2. The fraction of sp³-hybridized carbons (Fsp3) is 0.333. The van der Waals surface area contributed by atoms with Gasteiger partial charge in [0.2, 0.25) is 5.88 Å². The van der Waals surface area contributed by atoms with E-state index in [1.54, 1.807) is 18.7 Å². The molecule has 0 fully saturated rings. The van der Waals surface area contributed by atoms with E-state index in [4.69, 9.17) is 4.74 Å². The van der Waals surface area contributed by atoms with Gasteiger partial charge in [0.1, 0.15) is 5.56 Å². The molecule has 0 bridgehead atoms. The third-order valence-electron chi connectivity index (χ3n) is 3.10. The number of rotatable bonds is 6. The Kier molecular flexibility index (Phi) is 4.81. The molecule has 0 aliphatic heterocycles. The SMILES string of the molecule is COc1c(C(=O)NCCNc2ccccc2)c(C)nn1C. The second-order valence-electron chi connectivity index (χ2n) is 4.64. The topological polar surface area (TPSA) is 68.2 Å². The number of carbonyl (C=O) groups excluding carboxylic acids is 1. The molecule has 112 valence electrons. The predicted octanol–water partition coefficient (Wildman–Crippen LogP) is 1.58. The fourth-order valence-corrected chi connectivity index (χ4v) is 2.16. The Hall–Kier alpha value is -2.50. The third kappa shape index (κ3) is 3.53. The van der Waals surface area contributed by atoms with Crippen LogP contribution < -0.4 is 15.4 Å². The van der Waals surface area contributed by atoms with E-state index in [9.17, 15) is 4.79 Å². The number of anilines is 1. The number of carbonyl (C=O) groups is 1. The summed E-state index contributed by atoms with van der Waals surface area (Å²) in [7, 11) is 3.28. The number of amides is 1. The zero-order valence-corrected chi connectivity index (χ0v) is 12.5. The van der Waals surface area contributed by atoms with Crippen LogP contribution in [0.1, 0.15) is 16.1 Å². The molecule has 0 radical (unpaired) electrons.